The van der Waals surface area contributed by atoms with E-state index >= 15 is 0 Å². The summed E-state index contributed by atoms with van der Waals surface area (Å²) in [7, 11) is -2.36. The van der Waals surface area contributed by atoms with Gasteiger partial charge in [-0.2, -0.15) is 10.6 Å². The molecule has 0 radical (unpaired) electrons. The number of rotatable bonds is 8. The maximum absolute atomic E-state index is 11.1. The van der Waals surface area contributed by atoms with Crippen LogP contribution in [-0.4, -0.2) is 44.9 Å². The van der Waals surface area contributed by atoms with Gasteiger partial charge in [-0.1, -0.05) is 24.3 Å². The van der Waals surface area contributed by atoms with Gasteiger partial charge in [0.1, 0.15) is 11.5 Å². The second-order valence-corrected chi connectivity index (χ2v) is 13.8. The Labute approximate surface area is 236 Å². The largest absolute Gasteiger partial charge is 0.493 e. The van der Waals surface area contributed by atoms with E-state index in [1.54, 1.807) is 0 Å². The summed E-state index contributed by atoms with van der Waals surface area (Å²) in [5, 5.41) is 12.6. The van der Waals surface area contributed by atoms with Crippen LogP contribution in [0.1, 0.15) is 53.9 Å². The Balaban J connectivity index is 1.12. The predicted molar refractivity (Wildman–Crippen MR) is 159 cm³/mol. The van der Waals surface area contributed by atoms with E-state index in [9.17, 15) is 13.9 Å². The van der Waals surface area contributed by atoms with E-state index in [2.05, 4.69) is 41.7 Å². The monoisotopic (exact) mass is 563 g/mol. The summed E-state index contributed by atoms with van der Waals surface area (Å²) in [5.41, 5.74) is 8.34. The van der Waals surface area contributed by atoms with Crippen molar-refractivity contribution in [2.45, 2.75) is 51.0 Å². The predicted octanol–water partition coefficient (Wildman–Crippen LogP) is 6.94. The maximum Gasteiger partial charge on any atom is 0.304 e. The summed E-state index contributed by atoms with van der Waals surface area (Å²) < 4.78 is 31.7. The highest BCUT2D eigenvalue weighted by molar-refractivity contribution is 8.24. The van der Waals surface area contributed by atoms with Gasteiger partial charge in [0.2, 0.25) is 0 Å². The van der Waals surface area contributed by atoms with Gasteiger partial charge in [0.05, 0.1) is 19.6 Å². The number of nitrogens with one attached hydrogen (secondary N) is 1. The number of ether oxygens (including phenoxy) is 2. The lowest BCUT2D eigenvalue weighted by molar-refractivity contribution is -0.137. The highest BCUT2D eigenvalue weighted by Crippen LogP contribution is 2.46. The van der Waals surface area contributed by atoms with Crippen molar-refractivity contribution >= 4 is 22.2 Å². The number of hydrogen-bond acceptors (Lipinski definition) is 6. The molecule has 0 aromatic heterocycles. The Kier molecular flexibility index (Phi) is 7.66. The number of carboxylic acids is 1. The molecule has 212 valence electrons. The third-order valence-electron chi connectivity index (χ3n) is 8.44. The van der Waals surface area contributed by atoms with Crippen molar-refractivity contribution in [2.75, 3.05) is 30.0 Å². The van der Waals surface area contributed by atoms with Crippen LogP contribution in [0.4, 0.5) is 5.69 Å². The lowest BCUT2D eigenvalue weighted by Gasteiger charge is -2.39. The van der Waals surface area contributed by atoms with Gasteiger partial charge in [-0.3, -0.25) is 13.9 Å². The minimum absolute atomic E-state index is 0.0844. The fraction of sp³-hybridized carbons (Fsp3) is 0.406. The molecule has 6 rings (SSSR count). The highest BCUT2D eigenvalue weighted by atomic mass is 32.3. The molecule has 1 saturated heterocycles. The molecule has 3 aromatic rings. The van der Waals surface area contributed by atoms with Crippen molar-refractivity contribution in [1.82, 2.24) is 0 Å². The van der Waals surface area contributed by atoms with E-state index < -0.39 is 16.6 Å². The molecule has 4 N–H and O–H groups in total. The number of aliphatic carboxylic acids is 1. The molecular weight excluding hydrogens is 526 g/mol. The van der Waals surface area contributed by atoms with Crippen LogP contribution in [0, 0.1) is 5.92 Å². The summed E-state index contributed by atoms with van der Waals surface area (Å²) in [6, 6.07) is 19.1. The maximum atomic E-state index is 11.1. The molecule has 1 fully saturated rings. The van der Waals surface area contributed by atoms with Crippen LogP contribution in [0.5, 0.6) is 11.5 Å². The number of carboxylic acid groups (broad SMARTS) is 1. The molecule has 1 aliphatic carbocycles. The zero-order valence-electron chi connectivity index (χ0n) is 22.6. The van der Waals surface area contributed by atoms with Gasteiger partial charge in [-0.25, -0.2) is 0 Å². The van der Waals surface area contributed by atoms with Crippen LogP contribution < -0.4 is 14.8 Å². The standard InChI is InChI=1S/C32H37NO6S/c34-32(35)16-25-20-39-31-17-26(6-8-29(25)31)33-18-22-4-5-23-2-1-3-24-15-27(7-9-28(24)30(23)14-22)38-19-21-10-12-40(36,37)13-11-21/h4-9,14-15,17,21,25,33,36-37H,1-3,10-13,16,18-20H2,(H,34,35)/t25-/m1/s1. The molecule has 0 bridgehead atoms. The number of benzene rings is 3. The van der Waals surface area contributed by atoms with Gasteiger partial charge < -0.3 is 19.9 Å². The van der Waals surface area contributed by atoms with Crippen LogP contribution in [0.25, 0.3) is 11.1 Å². The molecule has 40 heavy (non-hydrogen) atoms. The van der Waals surface area contributed by atoms with E-state index in [4.69, 9.17) is 14.6 Å². The van der Waals surface area contributed by atoms with Crippen molar-refractivity contribution in [3.05, 3.63) is 76.9 Å². The zero-order chi connectivity index (χ0) is 27.7. The van der Waals surface area contributed by atoms with E-state index in [1.165, 1.54) is 27.8 Å². The molecule has 7 nitrogen and oxygen atoms in total. The molecule has 2 heterocycles. The normalized spacial score (nSPS) is 20.3. The first kappa shape index (κ1) is 27.0. The van der Waals surface area contributed by atoms with Gasteiger partial charge in [-0.05, 0) is 90.1 Å². The number of aryl methyl sites for hydroxylation is 2. The molecule has 2 aliphatic heterocycles. The lowest BCUT2D eigenvalue weighted by atomic mass is 9.94. The van der Waals surface area contributed by atoms with Crippen LogP contribution in [0.2, 0.25) is 0 Å². The highest BCUT2D eigenvalue weighted by Gasteiger charge is 2.27. The van der Waals surface area contributed by atoms with Crippen molar-refractivity contribution in [3.8, 4) is 22.6 Å². The molecule has 0 spiro atoms. The second kappa shape index (κ2) is 11.4. The molecule has 1 atom stereocenters. The van der Waals surface area contributed by atoms with E-state index in [1.807, 2.05) is 18.2 Å². The number of anilines is 1. The third kappa shape index (κ3) is 6.09. The summed E-state index contributed by atoms with van der Waals surface area (Å²) in [6.07, 6.45) is 4.85. The van der Waals surface area contributed by atoms with Crippen molar-refractivity contribution < 1.29 is 28.5 Å². The van der Waals surface area contributed by atoms with Gasteiger partial charge in [0.15, 0.2) is 0 Å². The quantitative estimate of drug-likeness (QED) is 0.235. The fourth-order valence-corrected chi connectivity index (χ4v) is 7.74. The smallest absolute Gasteiger partial charge is 0.304 e. The van der Waals surface area contributed by atoms with Crippen LogP contribution >= 0.6 is 10.6 Å². The summed E-state index contributed by atoms with van der Waals surface area (Å²) in [4.78, 5) is 11.1. The Hall–Kier alpha value is -3.20. The molecule has 0 saturated carbocycles. The fourth-order valence-electron chi connectivity index (χ4n) is 6.11. The number of hydrogen-bond donors (Lipinski definition) is 4. The topological polar surface area (TPSA) is 108 Å². The lowest BCUT2D eigenvalue weighted by Crippen LogP contribution is -2.24. The van der Waals surface area contributed by atoms with Crippen LogP contribution in [-0.2, 0) is 24.2 Å². The Morgan fingerprint density at radius 1 is 0.975 bits per heavy atom. The third-order valence-corrected chi connectivity index (χ3v) is 10.2. The summed E-state index contributed by atoms with van der Waals surface area (Å²) >= 11 is 0. The Morgan fingerprint density at radius 3 is 2.62 bits per heavy atom. The molecule has 0 amide bonds. The van der Waals surface area contributed by atoms with Gasteiger partial charge in [-0.15, -0.1) is 0 Å². The molecular formula is C32H37NO6S. The first-order valence-electron chi connectivity index (χ1n) is 14.2. The summed E-state index contributed by atoms with van der Waals surface area (Å²) in [5.74, 6) is 2.12. The number of carbonyl (C=O) groups is 1. The zero-order valence-corrected chi connectivity index (χ0v) is 23.4. The summed E-state index contributed by atoms with van der Waals surface area (Å²) in [6.45, 7) is 1.71. The van der Waals surface area contributed by atoms with Gasteiger partial charge in [0.25, 0.3) is 0 Å². The molecule has 3 aliphatic rings. The average molecular weight is 564 g/mol. The SMILES string of the molecule is O=C(O)C[C@@H]1COc2cc(NCc3ccc4c(c3)-c3ccc(OCC5CCS(O)(O)CC5)cc3CCC4)ccc21. The molecule has 3 aromatic carbocycles. The van der Waals surface area contributed by atoms with Gasteiger partial charge >= 0.3 is 5.97 Å². The van der Waals surface area contributed by atoms with Crippen molar-refractivity contribution in [1.29, 1.82) is 0 Å². The van der Waals surface area contributed by atoms with E-state index in [-0.39, 0.29) is 12.3 Å². The van der Waals surface area contributed by atoms with Crippen molar-refractivity contribution in [2.24, 2.45) is 5.92 Å². The second-order valence-electron chi connectivity index (χ2n) is 11.3. The minimum Gasteiger partial charge on any atom is -0.493 e. The first-order valence-corrected chi connectivity index (χ1v) is 16.1. The van der Waals surface area contributed by atoms with Crippen LogP contribution in [0.15, 0.2) is 54.6 Å². The van der Waals surface area contributed by atoms with Crippen LogP contribution in [0.3, 0.4) is 0 Å². The molecule has 0 unspecified atom stereocenters. The molecule has 8 heteroatoms. The van der Waals surface area contributed by atoms with Crippen molar-refractivity contribution in [3.63, 3.8) is 0 Å². The van der Waals surface area contributed by atoms with E-state index in [0.29, 0.717) is 37.2 Å². The Bertz CT molecular complexity index is 1400. The van der Waals surface area contributed by atoms with Gasteiger partial charge in [0, 0.05) is 41.3 Å². The Morgan fingerprint density at radius 2 is 1.80 bits per heavy atom. The van der Waals surface area contributed by atoms with E-state index in [0.717, 1.165) is 54.9 Å². The number of fused-ring (bicyclic) bond motifs is 4. The minimum atomic E-state index is -2.36. The first-order chi connectivity index (χ1) is 19.3. The average Bonchev–Trinajstić information content (AvgIpc) is 3.23.